The monoisotopic (exact) mass is 262 g/mol. The minimum Gasteiger partial charge on any atom is -0.508 e. The number of rotatable bonds is 3. The van der Waals surface area contributed by atoms with E-state index >= 15 is 0 Å². The van der Waals surface area contributed by atoms with Gasteiger partial charge in [-0.25, -0.2) is 0 Å². The van der Waals surface area contributed by atoms with Crippen molar-refractivity contribution in [2.45, 2.75) is 31.9 Å². The van der Waals surface area contributed by atoms with E-state index in [4.69, 9.17) is 5.11 Å². The summed E-state index contributed by atoms with van der Waals surface area (Å²) in [5, 5.41) is 18.3. The second-order valence-electron chi connectivity index (χ2n) is 4.68. The van der Waals surface area contributed by atoms with E-state index < -0.39 is 28.9 Å². The van der Waals surface area contributed by atoms with Crippen molar-refractivity contribution in [2.24, 2.45) is 0 Å². The fraction of sp³-hybridized carbons (Fsp3) is 0.417. The van der Waals surface area contributed by atoms with E-state index in [1.165, 1.54) is 0 Å². The van der Waals surface area contributed by atoms with E-state index in [9.17, 15) is 23.1 Å². The average Bonchev–Trinajstić information content (AvgIpc) is 2.13. The lowest BCUT2D eigenvalue weighted by atomic mass is 9.80. The van der Waals surface area contributed by atoms with Gasteiger partial charge in [0.1, 0.15) is 5.75 Å². The van der Waals surface area contributed by atoms with Gasteiger partial charge < -0.3 is 10.2 Å². The first-order chi connectivity index (χ1) is 8.04. The molecule has 0 atom stereocenters. The number of phenols is 1. The molecule has 0 saturated carbocycles. The highest BCUT2D eigenvalue weighted by Crippen LogP contribution is 2.38. The zero-order valence-electron chi connectivity index (χ0n) is 9.88. The second-order valence-corrected chi connectivity index (χ2v) is 4.68. The number of aromatic hydroxyl groups is 1. The average molecular weight is 262 g/mol. The third kappa shape index (κ3) is 3.15. The Morgan fingerprint density at radius 2 is 1.83 bits per heavy atom. The lowest BCUT2D eigenvalue weighted by Crippen LogP contribution is -2.22. The second kappa shape index (κ2) is 4.51. The summed E-state index contributed by atoms with van der Waals surface area (Å²) in [6, 6.07) is 2.55. The van der Waals surface area contributed by atoms with E-state index in [0.717, 1.165) is 12.1 Å². The van der Waals surface area contributed by atoms with E-state index in [2.05, 4.69) is 0 Å². The summed E-state index contributed by atoms with van der Waals surface area (Å²) in [6.45, 7) is 3.09. The van der Waals surface area contributed by atoms with Crippen molar-refractivity contribution in [3.05, 3.63) is 29.3 Å². The molecule has 3 nitrogen and oxygen atoms in total. The highest BCUT2D eigenvalue weighted by molar-refractivity contribution is 5.69. The maximum Gasteiger partial charge on any atom is 0.416 e. The summed E-state index contributed by atoms with van der Waals surface area (Å²) in [7, 11) is 0. The summed E-state index contributed by atoms with van der Waals surface area (Å²) < 4.78 is 37.2. The molecular weight excluding hydrogens is 249 g/mol. The molecular formula is C12H13F3O3. The van der Waals surface area contributed by atoms with Crippen LogP contribution in [0.1, 0.15) is 31.4 Å². The Hall–Kier alpha value is -1.72. The van der Waals surface area contributed by atoms with Crippen LogP contribution in [0, 0.1) is 0 Å². The van der Waals surface area contributed by atoms with Gasteiger partial charge in [-0.15, -0.1) is 0 Å². The molecule has 0 heterocycles. The van der Waals surface area contributed by atoms with Gasteiger partial charge in [0.2, 0.25) is 0 Å². The molecule has 1 aromatic carbocycles. The number of phenolic OH excluding ortho intramolecular Hbond substituents is 1. The minimum atomic E-state index is -4.53. The van der Waals surface area contributed by atoms with Crippen LogP contribution in [0.2, 0.25) is 0 Å². The molecule has 2 N–H and O–H groups in total. The molecule has 1 aromatic rings. The largest absolute Gasteiger partial charge is 0.508 e. The smallest absolute Gasteiger partial charge is 0.416 e. The summed E-state index contributed by atoms with van der Waals surface area (Å²) in [5.74, 6) is -1.63. The van der Waals surface area contributed by atoms with Crippen molar-refractivity contribution in [2.75, 3.05) is 0 Å². The number of aliphatic carboxylic acids is 1. The van der Waals surface area contributed by atoms with Crippen LogP contribution in [0.15, 0.2) is 18.2 Å². The zero-order valence-corrected chi connectivity index (χ0v) is 9.88. The van der Waals surface area contributed by atoms with Gasteiger partial charge in [-0.2, -0.15) is 13.2 Å². The number of hydrogen-bond acceptors (Lipinski definition) is 2. The highest BCUT2D eigenvalue weighted by Gasteiger charge is 2.33. The van der Waals surface area contributed by atoms with Crippen molar-refractivity contribution in [3.8, 4) is 5.75 Å². The third-order valence-electron chi connectivity index (χ3n) is 2.65. The number of halogens is 3. The third-order valence-corrected chi connectivity index (χ3v) is 2.65. The SMILES string of the molecule is CC(C)(CC(=O)O)c1ccc(C(F)(F)F)cc1O. The predicted molar refractivity (Wildman–Crippen MR) is 58.4 cm³/mol. The number of hydrogen-bond donors (Lipinski definition) is 2. The van der Waals surface area contributed by atoms with Crippen LogP contribution in [0.5, 0.6) is 5.75 Å². The van der Waals surface area contributed by atoms with Gasteiger partial charge in [-0.3, -0.25) is 4.79 Å². The molecule has 0 radical (unpaired) electrons. The fourth-order valence-corrected chi connectivity index (χ4v) is 1.75. The molecule has 18 heavy (non-hydrogen) atoms. The van der Waals surface area contributed by atoms with Gasteiger partial charge in [0, 0.05) is 11.0 Å². The van der Waals surface area contributed by atoms with Crippen LogP contribution in [0.25, 0.3) is 0 Å². The zero-order chi connectivity index (χ0) is 14.1. The lowest BCUT2D eigenvalue weighted by molar-refractivity contribution is -0.139. The van der Waals surface area contributed by atoms with Gasteiger partial charge in [-0.1, -0.05) is 19.9 Å². The Balaban J connectivity index is 3.17. The standard InChI is InChI=1S/C12H13F3O3/c1-11(2,6-10(17)18)8-4-3-7(5-9(8)16)12(13,14)15/h3-5,16H,6H2,1-2H3,(H,17,18). The summed E-state index contributed by atoms with van der Waals surface area (Å²) in [4.78, 5) is 10.7. The topological polar surface area (TPSA) is 57.5 Å². The van der Waals surface area contributed by atoms with E-state index in [0.29, 0.717) is 6.07 Å². The summed E-state index contributed by atoms with van der Waals surface area (Å²) in [6.07, 6.45) is -4.82. The van der Waals surface area contributed by atoms with Crippen LogP contribution < -0.4 is 0 Å². The number of alkyl halides is 3. The highest BCUT2D eigenvalue weighted by atomic mass is 19.4. The van der Waals surface area contributed by atoms with Crippen LogP contribution in [0.3, 0.4) is 0 Å². The van der Waals surface area contributed by atoms with Crippen molar-refractivity contribution < 1.29 is 28.2 Å². The molecule has 0 saturated heterocycles. The first-order valence-corrected chi connectivity index (χ1v) is 5.16. The van der Waals surface area contributed by atoms with Crippen LogP contribution in [-0.2, 0) is 16.4 Å². The van der Waals surface area contributed by atoms with Gasteiger partial charge >= 0.3 is 12.1 Å². The Morgan fingerprint density at radius 3 is 2.22 bits per heavy atom. The molecule has 6 heteroatoms. The molecule has 0 aliphatic rings. The first kappa shape index (κ1) is 14.3. The normalized spacial score (nSPS) is 12.5. The Kier molecular flexibility index (Phi) is 3.59. The molecule has 0 unspecified atom stereocenters. The fourth-order valence-electron chi connectivity index (χ4n) is 1.75. The molecule has 1 rings (SSSR count). The van der Waals surface area contributed by atoms with Gasteiger partial charge in [0.15, 0.2) is 0 Å². The van der Waals surface area contributed by atoms with Crippen LogP contribution in [0.4, 0.5) is 13.2 Å². The van der Waals surface area contributed by atoms with Gasteiger partial charge in [0.05, 0.1) is 12.0 Å². The van der Waals surface area contributed by atoms with E-state index in [1.54, 1.807) is 13.8 Å². The van der Waals surface area contributed by atoms with Crippen molar-refractivity contribution >= 4 is 5.97 Å². The van der Waals surface area contributed by atoms with Crippen molar-refractivity contribution in [1.29, 1.82) is 0 Å². The number of carboxylic acids is 1. The quantitative estimate of drug-likeness (QED) is 0.879. The Bertz CT molecular complexity index is 464. The van der Waals surface area contributed by atoms with Crippen LogP contribution >= 0.6 is 0 Å². The number of carboxylic acid groups (broad SMARTS) is 1. The maximum absolute atomic E-state index is 12.4. The molecule has 0 aromatic heterocycles. The molecule has 0 amide bonds. The maximum atomic E-state index is 12.4. The first-order valence-electron chi connectivity index (χ1n) is 5.16. The molecule has 100 valence electrons. The molecule has 0 bridgehead atoms. The minimum absolute atomic E-state index is 0.179. The molecule has 0 aliphatic heterocycles. The van der Waals surface area contributed by atoms with Gasteiger partial charge in [0.25, 0.3) is 0 Å². The van der Waals surface area contributed by atoms with Crippen molar-refractivity contribution in [1.82, 2.24) is 0 Å². The van der Waals surface area contributed by atoms with Gasteiger partial charge in [-0.05, 0) is 12.1 Å². The molecule has 0 fully saturated rings. The Labute approximate surface area is 102 Å². The Morgan fingerprint density at radius 1 is 1.28 bits per heavy atom. The summed E-state index contributed by atoms with van der Waals surface area (Å²) in [5.41, 5.74) is -1.73. The van der Waals surface area contributed by atoms with E-state index in [-0.39, 0.29) is 12.0 Å². The molecule has 0 aliphatic carbocycles. The van der Waals surface area contributed by atoms with E-state index in [1.807, 2.05) is 0 Å². The van der Waals surface area contributed by atoms with Crippen LogP contribution in [-0.4, -0.2) is 16.2 Å². The summed E-state index contributed by atoms with van der Waals surface area (Å²) >= 11 is 0. The predicted octanol–water partition coefficient (Wildman–Crippen LogP) is 3.16. The lowest BCUT2D eigenvalue weighted by Gasteiger charge is -2.24. The molecule has 0 spiro atoms. The number of benzene rings is 1. The van der Waals surface area contributed by atoms with Crippen molar-refractivity contribution in [3.63, 3.8) is 0 Å². The number of carbonyl (C=O) groups is 1.